The molecule has 0 unspecified atom stereocenters. The average Bonchev–Trinajstić information content (AvgIpc) is 2.62. The maximum atomic E-state index is 10.3. The van der Waals surface area contributed by atoms with Crippen molar-refractivity contribution in [1.29, 1.82) is 0 Å². The molecule has 0 heterocycles. The number of allylic oxidation sites excluding steroid dienone is 1. The van der Waals surface area contributed by atoms with E-state index in [4.69, 9.17) is 21.1 Å². The number of rotatable bonds is 9. The van der Waals surface area contributed by atoms with Gasteiger partial charge in [0.25, 0.3) is 0 Å². The number of nitrogens with zero attached hydrogens (tertiary/aromatic N) is 1. The van der Waals surface area contributed by atoms with E-state index in [1.54, 1.807) is 7.11 Å². The van der Waals surface area contributed by atoms with Crippen LogP contribution in [0.5, 0.6) is 11.5 Å². The van der Waals surface area contributed by atoms with E-state index in [2.05, 4.69) is 0 Å². The van der Waals surface area contributed by atoms with Gasteiger partial charge in [-0.25, -0.2) is 0 Å². The summed E-state index contributed by atoms with van der Waals surface area (Å²) in [6.45, 7) is 3.40. The maximum Gasteiger partial charge on any atom is 0.161 e. The van der Waals surface area contributed by atoms with Gasteiger partial charge in [-0.15, -0.1) is 0 Å². The first kappa shape index (κ1) is 20.3. The van der Waals surface area contributed by atoms with Gasteiger partial charge >= 0.3 is 0 Å². The fourth-order valence-corrected chi connectivity index (χ4v) is 2.79. The monoisotopic (exact) mass is 375 g/mol. The number of hydrogen-bond acceptors (Lipinski definition) is 4. The molecule has 0 aliphatic rings. The van der Waals surface area contributed by atoms with Gasteiger partial charge in [0.15, 0.2) is 11.5 Å². The van der Waals surface area contributed by atoms with E-state index in [9.17, 15) is 5.11 Å². The lowest BCUT2D eigenvalue weighted by Gasteiger charge is -2.21. The minimum Gasteiger partial charge on any atom is -0.493 e. The van der Waals surface area contributed by atoms with Crippen LogP contribution >= 0.6 is 11.6 Å². The number of halogens is 1. The highest BCUT2D eigenvalue weighted by Crippen LogP contribution is 2.28. The molecule has 0 bridgehead atoms. The smallest absolute Gasteiger partial charge is 0.161 e. The molecule has 0 aliphatic carbocycles. The maximum absolute atomic E-state index is 10.3. The Labute approximate surface area is 160 Å². The highest BCUT2D eigenvalue weighted by molar-refractivity contribution is 6.30. The topological polar surface area (TPSA) is 41.9 Å². The van der Waals surface area contributed by atoms with Crippen molar-refractivity contribution in [2.24, 2.45) is 0 Å². The fraction of sp³-hybridized carbons (Fsp3) is 0.333. The van der Waals surface area contributed by atoms with E-state index in [-0.39, 0.29) is 6.61 Å². The molecule has 1 atom stereocenters. The van der Waals surface area contributed by atoms with Crippen LogP contribution in [0.2, 0.25) is 5.02 Å². The van der Waals surface area contributed by atoms with E-state index in [1.165, 1.54) is 0 Å². The fourth-order valence-electron chi connectivity index (χ4n) is 2.66. The van der Waals surface area contributed by atoms with Crippen molar-refractivity contribution in [3.63, 3.8) is 0 Å². The third-order valence-corrected chi connectivity index (χ3v) is 4.12. The molecule has 0 aliphatic heterocycles. The summed E-state index contributed by atoms with van der Waals surface area (Å²) in [7, 11) is 3.57. The van der Waals surface area contributed by atoms with Crippen LogP contribution in [0.3, 0.4) is 0 Å². The Balaban J connectivity index is 1.85. The summed E-state index contributed by atoms with van der Waals surface area (Å²) >= 11 is 5.90. The summed E-state index contributed by atoms with van der Waals surface area (Å²) in [6, 6.07) is 13.4. The van der Waals surface area contributed by atoms with E-state index in [1.807, 2.05) is 73.5 Å². The second kappa shape index (κ2) is 10.2. The van der Waals surface area contributed by atoms with E-state index in [0.29, 0.717) is 18.0 Å². The minimum atomic E-state index is -0.604. The van der Waals surface area contributed by atoms with Crippen molar-refractivity contribution in [2.45, 2.75) is 19.6 Å². The molecule has 26 heavy (non-hydrogen) atoms. The molecule has 2 rings (SSSR count). The molecule has 0 saturated heterocycles. The van der Waals surface area contributed by atoms with Gasteiger partial charge in [-0.3, -0.25) is 4.90 Å². The van der Waals surface area contributed by atoms with Crippen LogP contribution in [0.25, 0.3) is 6.08 Å². The van der Waals surface area contributed by atoms with E-state index >= 15 is 0 Å². The Morgan fingerprint density at radius 2 is 1.88 bits per heavy atom. The number of aliphatic hydroxyl groups is 1. The lowest BCUT2D eigenvalue weighted by molar-refractivity contribution is 0.0733. The SMILES string of the molecule is C/C=C/c1ccc(OC[C@@H](O)CN(C)Cc2ccc(Cl)cc2)c(OC)c1. The van der Waals surface area contributed by atoms with Crippen LogP contribution in [0.15, 0.2) is 48.5 Å². The Bertz CT molecular complexity index is 716. The molecule has 2 aromatic carbocycles. The summed E-state index contributed by atoms with van der Waals surface area (Å²) in [5, 5.41) is 11.0. The summed E-state index contributed by atoms with van der Waals surface area (Å²) in [5.41, 5.74) is 2.19. The zero-order valence-corrected chi connectivity index (χ0v) is 16.2. The number of aliphatic hydroxyl groups excluding tert-OH is 1. The molecule has 4 nitrogen and oxygen atoms in total. The zero-order valence-electron chi connectivity index (χ0n) is 15.5. The van der Waals surface area contributed by atoms with Gasteiger partial charge in [-0.05, 0) is 49.4 Å². The van der Waals surface area contributed by atoms with Crippen molar-refractivity contribution in [3.8, 4) is 11.5 Å². The van der Waals surface area contributed by atoms with Gasteiger partial charge in [0.05, 0.1) is 7.11 Å². The van der Waals surface area contributed by atoms with Crippen LogP contribution in [-0.4, -0.2) is 43.4 Å². The van der Waals surface area contributed by atoms with Crippen LogP contribution in [0, 0.1) is 0 Å². The molecule has 0 fully saturated rings. The molecule has 5 heteroatoms. The number of benzene rings is 2. The van der Waals surface area contributed by atoms with Gasteiger partial charge in [0.2, 0.25) is 0 Å². The Kier molecular flexibility index (Phi) is 7.98. The molecule has 0 amide bonds. The lowest BCUT2D eigenvalue weighted by atomic mass is 10.2. The van der Waals surface area contributed by atoms with Crippen LogP contribution in [0.1, 0.15) is 18.1 Å². The first-order valence-electron chi connectivity index (χ1n) is 8.56. The van der Waals surface area contributed by atoms with Crippen molar-refractivity contribution in [2.75, 3.05) is 27.3 Å². The van der Waals surface area contributed by atoms with Crippen LogP contribution in [0.4, 0.5) is 0 Å². The highest BCUT2D eigenvalue weighted by atomic mass is 35.5. The van der Waals surface area contributed by atoms with Gasteiger partial charge in [-0.1, -0.05) is 42.0 Å². The van der Waals surface area contributed by atoms with Gasteiger partial charge in [-0.2, -0.15) is 0 Å². The van der Waals surface area contributed by atoms with Crippen LogP contribution in [-0.2, 0) is 6.54 Å². The van der Waals surface area contributed by atoms with Gasteiger partial charge < -0.3 is 14.6 Å². The van der Waals surface area contributed by atoms with Crippen molar-refractivity contribution >= 4 is 17.7 Å². The summed E-state index contributed by atoms with van der Waals surface area (Å²) < 4.78 is 11.1. The minimum absolute atomic E-state index is 0.199. The highest BCUT2D eigenvalue weighted by Gasteiger charge is 2.12. The van der Waals surface area contributed by atoms with Crippen molar-refractivity contribution < 1.29 is 14.6 Å². The van der Waals surface area contributed by atoms with Crippen molar-refractivity contribution in [1.82, 2.24) is 4.90 Å². The zero-order chi connectivity index (χ0) is 18.9. The lowest BCUT2D eigenvalue weighted by Crippen LogP contribution is -2.32. The molecular weight excluding hydrogens is 350 g/mol. The molecule has 0 saturated carbocycles. The van der Waals surface area contributed by atoms with E-state index in [0.717, 1.165) is 22.7 Å². The van der Waals surface area contributed by atoms with Gasteiger partial charge in [0, 0.05) is 18.1 Å². The van der Waals surface area contributed by atoms with Gasteiger partial charge in [0.1, 0.15) is 12.7 Å². The Hall–Kier alpha value is -2.01. The van der Waals surface area contributed by atoms with Crippen molar-refractivity contribution in [3.05, 3.63) is 64.7 Å². The number of likely N-dealkylation sites (N-methyl/N-ethyl adjacent to an activating group) is 1. The Morgan fingerprint density at radius 3 is 2.54 bits per heavy atom. The quantitative estimate of drug-likeness (QED) is 0.711. The number of methoxy groups -OCH3 is 1. The predicted molar refractivity (Wildman–Crippen MR) is 107 cm³/mol. The second-order valence-electron chi connectivity index (χ2n) is 6.20. The molecule has 0 radical (unpaired) electrons. The molecule has 1 N–H and O–H groups in total. The van der Waals surface area contributed by atoms with Crippen LogP contribution < -0.4 is 9.47 Å². The molecule has 2 aromatic rings. The first-order chi connectivity index (χ1) is 12.5. The number of hydrogen-bond donors (Lipinski definition) is 1. The molecule has 0 spiro atoms. The molecule has 0 aromatic heterocycles. The molecule has 140 valence electrons. The Morgan fingerprint density at radius 1 is 1.15 bits per heavy atom. The summed E-state index contributed by atoms with van der Waals surface area (Å²) in [4.78, 5) is 2.05. The molecular formula is C21H26ClNO3. The first-order valence-corrected chi connectivity index (χ1v) is 8.94. The largest absolute Gasteiger partial charge is 0.493 e. The normalized spacial score (nSPS) is 12.5. The summed E-state index contributed by atoms with van der Waals surface area (Å²) in [6.07, 6.45) is 3.36. The third kappa shape index (κ3) is 6.37. The summed E-state index contributed by atoms with van der Waals surface area (Å²) in [5.74, 6) is 1.28. The number of ether oxygens (including phenoxy) is 2. The second-order valence-corrected chi connectivity index (χ2v) is 6.63. The predicted octanol–water partition coefficient (Wildman–Crippen LogP) is 4.25. The average molecular weight is 376 g/mol. The van der Waals surface area contributed by atoms with E-state index < -0.39 is 6.10 Å². The third-order valence-electron chi connectivity index (χ3n) is 3.87. The standard InChI is InChI=1S/C21H26ClNO3/c1-4-5-16-8-11-20(21(12-16)25-3)26-15-19(24)14-23(2)13-17-6-9-18(22)10-7-17/h4-12,19,24H,13-15H2,1-3H3/b5-4+/t19-/m0/s1.